The van der Waals surface area contributed by atoms with E-state index in [2.05, 4.69) is 35.5 Å². The van der Waals surface area contributed by atoms with Crippen molar-refractivity contribution >= 4 is 11.7 Å². The van der Waals surface area contributed by atoms with Gasteiger partial charge < -0.3 is 9.74 Å². The normalized spacial score (nSPS) is 26.5. The largest absolute Gasteiger partial charge is 0.365 e. The summed E-state index contributed by atoms with van der Waals surface area (Å²) in [6.07, 6.45) is 5.61. The van der Waals surface area contributed by atoms with E-state index < -0.39 is 0 Å². The lowest BCUT2D eigenvalue weighted by Crippen LogP contribution is -3.20. The first-order valence-electron chi connectivity index (χ1n) is 9.51. The Bertz CT molecular complexity index is 757. The lowest BCUT2D eigenvalue weighted by molar-refractivity contribution is -0.969. The van der Waals surface area contributed by atoms with E-state index in [1.807, 2.05) is 18.2 Å². The number of benzene rings is 2. The van der Waals surface area contributed by atoms with E-state index >= 15 is 0 Å². The topological polar surface area (TPSA) is 43.1 Å². The molecule has 2 aliphatic rings. The maximum Gasteiger partial charge on any atom is 0.365 e. The average Bonchev–Trinajstić information content (AvgIpc) is 2.68. The highest BCUT2D eigenvalue weighted by atomic mass is 16.7. The maximum absolute atomic E-state index is 12.1. The van der Waals surface area contributed by atoms with Crippen molar-refractivity contribution < 1.29 is 14.5 Å². The molecule has 0 radical (unpaired) electrons. The van der Waals surface area contributed by atoms with Gasteiger partial charge in [0.1, 0.15) is 6.54 Å². The van der Waals surface area contributed by atoms with E-state index in [0.717, 1.165) is 25.1 Å². The number of hydrogen-bond donors (Lipinski definition) is 1. The Morgan fingerprint density at radius 1 is 0.962 bits per heavy atom. The summed E-state index contributed by atoms with van der Waals surface area (Å²) >= 11 is 0. The Morgan fingerprint density at radius 2 is 1.58 bits per heavy atom. The number of nitrogens with one attached hydrogen (secondary N) is 1. The number of oxime groups is 1. The lowest BCUT2D eigenvalue weighted by Gasteiger charge is -2.43. The van der Waals surface area contributed by atoms with Crippen molar-refractivity contribution in [3.8, 4) is 0 Å². The molecule has 1 N–H and O–H groups in total. The molecule has 0 aromatic heterocycles. The van der Waals surface area contributed by atoms with Crippen LogP contribution in [0, 0.1) is 0 Å². The minimum Gasteiger partial charge on any atom is -0.326 e. The van der Waals surface area contributed by atoms with E-state index in [1.54, 1.807) is 17.0 Å². The van der Waals surface area contributed by atoms with Gasteiger partial charge in [-0.25, -0.2) is 4.79 Å². The van der Waals surface area contributed by atoms with E-state index in [-0.39, 0.29) is 5.97 Å². The van der Waals surface area contributed by atoms with Gasteiger partial charge in [0.2, 0.25) is 0 Å². The zero-order valence-electron chi connectivity index (χ0n) is 14.9. The number of quaternary nitrogens is 1. The molecule has 0 aliphatic carbocycles. The minimum atomic E-state index is -0.373. The second-order valence-electron chi connectivity index (χ2n) is 7.37. The Kier molecular flexibility index (Phi) is 5.12. The molecular weight excluding hydrogens is 324 g/mol. The highest BCUT2D eigenvalue weighted by Crippen LogP contribution is 2.21. The molecule has 1 unspecified atom stereocenters. The fourth-order valence-corrected chi connectivity index (χ4v) is 4.36. The molecular formula is C22H25N2O2+. The SMILES string of the molecule is O=C(ON=C1C[C@H]2CCC[C@@H](C1)[NH+]2Cc1ccccc1)c1ccccc1. The summed E-state index contributed by atoms with van der Waals surface area (Å²) in [7, 11) is 0. The molecule has 2 aromatic rings. The van der Waals surface area contributed by atoms with Gasteiger partial charge in [-0.2, -0.15) is 0 Å². The second-order valence-corrected chi connectivity index (χ2v) is 7.37. The fraction of sp³-hybridized carbons (Fsp3) is 0.364. The Hall–Kier alpha value is -2.46. The zero-order valence-corrected chi connectivity index (χ0v) is 14.9. The van der Waals surface area contributed by atoms with Crippen LogP contribution in [0.3, 0.4) is 0 Å². The molecule has 4 heteroatoms. The summed E-state index contributed by atoms with van der Waals surface area (Å²) in [5.74, 6) is -0.373. The predicted molar refractivity (Wildman–Crippen MR) is 101 cm³/mol. The molecule has 2 heterocycles. The van der Waals surface area contributed by atoms with Crippen LogP contribution >= 0.6 is 0 Å². The van der Waals surface area contributed by atoms with Crippen molar-refractivity contribution in [1.29, 1.82) is 0 Å². The van der Waals surface area contributed by atoms with Gasteiger partial charge in [0.15, 0.2) is 0 Å². The van der Waals surface area contributed by atoms with Crippen LogP contribution in [0.5, 0.6) is 0 Å². The number of rotatable bonds is 4. The highest BCUT2D eigenvalue weighted by molar-refractivity contribution is 5.91. The molecule has 0 saturated carbocycles. The Balaban J connectivity index is 1.42. The van der Waals surface area contributed by atoms with Crippen LogP contribution in [0.1, 0.15) is 48.0 Å². The van der Waals surface area contributed by atoms with Gasteiger partial charge >= 0.3 is 5.97 Å². The van der Waals surface area contributed by atoms with Gasteiger partial charge in [-0.3, -0.25) is 0 Å². The van der Waals surface area contributed by atoms with E-state index in [9.17, 15) is 4.79 Å². The third-order valence-electron chi connectivity index (χ3n) is 5.64. The summed E-state index contributed by atoms with van der Waals surface area (Å²) in [5, 5.41) is 4.24. The minimum absolute atomic E-state index is 0.373. The van der Waals surface area contributed by atoms with Crippen LogP contribution in [0.25, 0.3) is 0 Å². The molecule has 4 rings (SSSR count). The molecule has 4 nitrogen and oxygen atoms in total. The van der Waals surface area contributed by atoms with Crippen LogP contribution in [0.15, 0.2) is 65.8 Å². The summed E-state index contributed by atoms with van der Waals surface area (Å²) in [6, 6.07) is 21.0. The smallest absolute Gasteiger partial charge is 0.326 e. The number of nitrogens with zero attached hydrogens (tertiary/aromatic N) is 1. The Morgan fingerprint density at radius 3 is 2.23 bits per heavy atom. The van der Waals surface area contributed by atoms with Crippen molar-refractivity contribution in [2.24, 2.45) is 5.16 Å². The number of fused-ring (bicyclic) bond motifs is 2. The first-order chi connectivity index (χ1) is 12.8. The molecule has 3 atom stereocenters. The van der Waals surface area contributed by atoms with Crippen molar-refractivity contribution in [3.63, 3.8) is 0 Å². The van der Waals surface area contributed by atoms with Crippen LogP contribution in [0.2, 0.25) is 0 Å². The molecule has 0 spiro atoms. The van der Waals surface area contributed by atoms with E-state index in [1.165, 1.54) is 24.8 Å². The quantitative estimate of drug-likeness (QED) is 0.681. The molecule has 2 bridgehead atoms. The molecule has 26 heavy (non-hydrogen) atoms. The van der Waals surface area contributed by atoms with Crippen LogP contribution < -0.4 is 4.90 Å². The highest BCUT2D eigenvalue weighted by Gasteiger charge is 2.40. The van der Waals surface area contributed by atoms with Crippen LogP contribution in [-0.2, 0) is 11.4 Å². The maximum atomic E-state index is 12.1. The molecule has 2 aliphatic heterocycles. The van der Waals surface area contributed by atoms with Gasteiger partial charge in [0.25, 0.3) is 0 Å². The number of carbonyl (C=O) groups is 1. The molecule has 2 saturated heterocycles. The van der Waals surface area contributed by atoms with Crippen LogP contribution in [0.4, 0.5) is 0 Å². The molecule has 0 amide bonds. The van der Waals surface area contributed by atoms with Crippen LogP contribution in [-0.4, -0.2) is 23.8 Å². The van der Waals surface area contributed by atoms with Crippen molar-refractivity contribution in [1.82, 2.24) is 0 Å². The van der Waals surface area contributed by atoms with Gasteiger partial charge in [0, 0.05) is 31.2 Å². The average molecular weight is 349 g/mol. The zero-order chi connectivity index (χ0) is 17.8. The van der Waals surface area contributed by atoms with Crippen molar-refractivity contribution in [3.05, 3.63) is 71.8 Å². The molecule has 2 fully saturated rings. The van der Waals surface area contributed by atoms with Gasteiger partial charge in [0.05, 0.1) is 23.4 Å². The third-order valence-corrected chi connectivity index (χ3v) is 5.64. The third kappa shape index (κ3) is 3.86. The van der Waals surface area contributed by atoms with E-state index in [0.29, 0.717) is 17.6 Å². The fourth-order valence-electron chi connectivity index (χ4n) is 4.36. The molecule has 134 valence electrons. The van der Waals surface area contributed by atoms with Crippen molar-refractivity contribution in [2.45, 2.75) is 50.7 Å². The summed E-state index contributed by atoms with van der Waals surface area (Å²) in [6.45, 7) is 1.08. The van der Waals surface area contributed by atoms with Gasteiger partial charge in [-0.05, 0) is 18.6 Å². The standard InChI is InChI=1S/C22H24N2O2/c25-22(18-10-5-2-6-11-18)26-23-19-14-20-12-7-13-21(15-19)24(20)16-17-8-3-1-4-9-17/h1-6,8-11,20-21H,7,12-16H2/p+1/t20-,21+. The van der Waals surface area contributed by atoms with Gasteiger partial charge in [-0.15, -0.1) is 0 Å². The Labute approximate surface area is 154 Å². The lowest BCUT2D eigenvalue weighted by atomic mass is 9.83. The number of carbonyl (C=O) groups excluding carboxylic acids is 1. The van der Waals surface area contributed by atoms with Crippen molar-refractivity contribution in [2.75, 3.05) is 0 Å². The van der Waals surface area contributed by atoms with Gasteiger partial charge in [-0.1, -0.05) is 53.7 Å². The first kappa shape index (κ1) is 17.0. The predicted octanol–water partition coefficient (Wildman–Crippen LogP) is 3.00. The monoisotopic (exact) mass is 349 g/mol. The van der Waals surface area contributed by atoms with E-state index in [4.69, 9.17) is 4.84 Å². The first-order valence-corrected chi connectivity index (χ1v) is 9.51. The second kappa shape index (κ2) is 7.83. The number of hydrogen-bond acceptors (Lipinski definition) is 3. The molecule has 2 aromatic carbocycles. The summed E-state index contributed by atoms with van der Waals surface area (Å²) in [5.41, 5.74) is 2.99. The number of piperidine rings is 2. The summed E-state index contributed by atoms with van der Waals surface area (Å²) < 4.78 is 0. The summed E-state index contributed by atoms with van der Waals surface area (Å²) in [4.78, 5) is 19.0.